The third-order valence-corrected chi connectivity index (χ3v) is 6.14. The monoisotopic (exact) mass is 414 g/mol. The summed E-state index contributed by atoms with van der Waals surface area (Å²) in [5.74, 6) is -0.651. The number of benzene rings is 1. The molecule has 1 heterocycles. The summed E-state index contributed by atoms with van der Waals surface area (Å²) in [6, 6.07) is 6.87. The van der Waals surface area contributed by atoms with Crippen molar-refractivity contribution in [2.45, 2.75) is 51.4 Å². The molecule has 1 aliphatic carbocycles. The molecule has 7 heteroatoms. The maximum absolute atomic E-state index is 12.3. The first-order valence-corrected chi connectivity index (χ1v) is 10.8. The Morgan fingerprint density at radius 2 is 1.70 bits per heavy atom. The van der Waals surface area contributed by atoms with Crippen molar-refractivity contribution in [3.8, 4) is 0 Å². The maximum Gasteiger partial charge on any atom is 0.309 e. The number of nitrogens with one attached hydrogen (secondary N) is 1. The van der Waals surface area contributed by atoms with Crippen LogP contribution in [0.3, 0.4) is 0 Å². The van der Waals surface area contributed by atoms with Crippen LogP contribution in [0.5, 0.6) is 0 Å². The van der Waals surface area contributed by atoms with E-state index >= 15 is 0 Å². The summed E-state index contributed by atoms with van der Waals surface area (Å²) in [4.78, 5) is 50.0. The van der Waals surface area contributed by atoms with E-state index in [1.54, 1.807) is 24.3 Å². The van der Waals surface area contributed by atoms with Gasteiger partial charge in [-0.2, -0.15) is 0 Å². The highest BCUT2D eigenvalue weighted by molar-refractivity contribution is 6.21. The van der Waals surface area contributed by atoms with Crippen molar-refractivity contribution in [1.82, 2.24) is 10.2 Å². The first-order valence-electron chi connectivity index (χ1n) is 10.8. The number of amides is 3. The van der Waals surface area contributed by atoms with Crippen LogP contribution in [0, 0.1) is 11.8 Å². The molecule has 1 aromatic carbocycles. The molecule has 0 saturated heterocycles. The Morgan fingerprint density at radius 3 is 2.37 bits per heavy atom. The average molecular weight is 415 g/mol. The van der Waals surface area contributed by atoms with Gasteiger partial charge in [-0.3, -0.25) is 24.1 Å². The van der Waals surface area contributed by atoms with Gasteiger partial charge in [0.1, 0.15) is 0 Å². The van der Waals surface area contributed by atoms with Crippen LogP contribution in [-0.4, -0.2) is 48.8 Å². The molecule has 2 unspecified atom stereocenters. The zero-order valence-electron chi connectivity index (χ0n) is 17.5. The van der Waals surface area contributed by atoms with E-state index in [1.165, 1.54) is 12.0 Å². The zero-order chi connectivity index (χ0) is 21.5. The fourth-order valence-electron chi connectivity index (χ4n) is 4.42. The van der Waals surface area contributed by atoms with Crippen molar-refractivity contribution in [3.05, 3.63) is 35.4 Å². The van der Waals surface area contributed by atoms with Crippen molar-refractivity contribution < 1.29 is 23.9 Å². The van der Waals surface area contributed by atoms with E-state index < -0.39 is 0 Å². The topological polar surface area (TPSA) is 92.8 Å². The molecule has 0 radical (unpaired) electrons. The highest BCUT2D eigenvalue weighted by Crippen LogP contribution is 2.30. The van der Waals surface area contributed by atoms with E-state index in [4.69, 9.17) is 4.74 Å². The van der Waals surface area contributed by atoms with Crippen molar-refractivity contribution in [2.24, 2.45) is 11.8 Å². The summed E-state index contributed by atoms with van der Waals surface area (Å²) >= 11 is 0. The van der Waals surface area contributed by atoms with Crippen LogP contribution in [-0.2, 0) is 14.3 Å². The standard InChI is InChI=1S/C23H30N2O5/c1-30-23(29)17-10-5-4-9-16(17)15-24-20(26)13-3-2-8-14-25-21(27)18-11-6-7-12-19(18)22(25)28/h6-7,11-12,16-17H,2-5,8-10,13-15H2,1H3,(H,24,26). The van der Waals surface area contributed by atoms with Crippen LogP contribution in [0.25, 0.3) is 0 Å². The summed E-state index contributed by atoms with van der Waals surface area (Å²) in [5.41, 5.74) is 0.935. The van der Waals surface area contributed by atoms with E-state index in [0.29, 0.717) is 43.5 Å². The molecule has 30 heavy (non-hydrogen) atoms. The zero-order valence-corrected chi connectivity index (χ0v) is 17.5. The predicted octanol–water partition coefficient (Wildman–Crippen LogP) is 2.94. The predicted molar refractivity (Wildman–Crippen MR) is 111 cm³/mol. The second-order valence-electron chi connectivity index (χ2n) is 8.10. The molecule has 3 amide bonds. The molecule has 1 fully saturated rings. The summed E-state index contributed by atoms with van der Waals surface area (Å²) in [7, 11) is 1.41. The SMILES string of the molecule is COC(=O)C1CCCCC1CNC(=O)CCCCCN1C(=O)c2ccccc2C1=O. The highest BCUT2D eigenvalue weighted by atomic mass is 16.5. The second kappa shape index (κ2) is 10.4. The lowest BCUT2D eigenvalue weighted by Gasteiger charge is -2.29. The molecular weight excluding hydrogens is 384 g/mol. The van der Waals surface area contributed by atoms with Crippen LogP contribution in [0.15, 0.2) is 24.3 Å². The van der Waals surface area contributed by atoms with Gasteiger partial charge in [0, 0.05) is 19.5 Å². The molecule has 7 nitrogen and oxygen atoms in total. The quantitative estimate of drug-likeness (QED) is 0.381. The minimum absolute atomic E-state index is 0.0232. The summed E-state index contributed by atoms with van der Waals surface area (Å²) in [5, 5.41) is 2.95. The number of rotatable bonds is 9. The molecule has 3 rings (SSSR count). The van der Waals surface area contributed by atoms with Crippen LogP contribution < -0.4 is 5.32 Å². The van der Waals surface area contributed by atoms with Crippen molar-refractivity contribution in [1.29, 1.82) is 0 Å². The van der Waals surface area contributed by atoms with Gasteiger partial charge in [-0.25, -0.2) is 0 Å². The van der Waals surface area contributed by atoms with Crippen molar-refractivity contribution >= 4 is 23.7 Å². The summed E-state index contributed by atoms with van der Waals surface area (Å²) in [6.45, 7) is 0.879. The number of ether oxygens (including phenoxy) is 1. The Labute approximate surface area is 177 Å². The third kappa shape index (κ3) is 5.07. The lowest BCUT2D eigenvalue weighted by molar-refractivity contribution is -0.148. The van der Waals surface area contributed by atoms with E-state index in [2.05, 4.69) is 5.32 Å². The van der Waals surface area contributed by atoms with E-state index in [-0.39, 0.29) is 35.5 Å². The van der Waals surface area contributed by atoms with Gasteiger partial charge in [0.15, 0.2) is 0 Å². The number of imide groups is 1. The minimum Gasteiger partial charge on any atom is -0.469 e. The number of carbonyl (C=O) groups is 4. The normalized spacial score (nSPS) is 20.8. The molecule has 1 aliphatic heterocycles. The van der Waals surface area contributed by atoms with Crippen molar-refractivity contribution in [2.75, 3.05) is 20.2 Å². The molecule has 2 atom stereocenters. The Kier molecular flexibility index (Phi) is 7.60. The van der Waals surface area contributed by atoms with Gasteiger partial charge >= 0.3 is 5.97 Å². The van der Waals surface area contributed by atoms with E-state index in [9.17, 15) is 19.2 Å². The highest BCUT2D eigenvalue weighted by Gasteiger charge is 2.34. The van der Waals surface area contributed by atoms with Gasteiger partial charge in [-0.1, -0.05) is 31.4 Å². The fraction of sp³-hybridized carbons (Fsp3) is 0.565. The number of carbonyl (C=O) groups excluding carboxylic acids is 4. The Morgan fingerprint density at radius 1 is 1.03 bits per heavy atom. The smallest absolute Gasteiger partial charge is 0.309 e. The third-order valence-electron chi connectivity index (χ3n) is 6.14. The Bertz CT molecular complexity index is 772. The lowest BCUT2D eigenvalue weighted by Crippen LogP contribution is -2.37. The van der Waals surface area contributed by atoms with Gasteiger partial charge < -0.3 is 10.1 Å². The largest absolute Gasteiger partial charge is 0.469 e. The van der Waals surface area contributed by atoms with Crippen LogP contribution in [0.4, 0.5) is 0 Å². The Balaban J connectivity index is 1.33. The summed E-state index contributed by atoms with van der Waals surface area (Å²) in [6.07, 6.45) is 6.38. The number of hydrogen-bond acceptors (Lipinski definition) is 5. The van der Waals surface area contributed by atoms with Gasteiger partial charge in [-0.05, 0) is 43.7 Å². The first-order chi connectivity index (χ1) is 14.5. The number of unbranched alkanes of at least 4 members (excludes halogenated alkanes) is 2. The van der Waals surface area contributed by atoms with Crippen LogP contribution in [0.1, 0.15) is 72.1 Å². The minimum atomic E-state index is -0.235. The second-order valence-corrected chi connectivity index (χ2v) is 8.10. The lowest BCUT2D eigenvalue weighted by atomic mass is 9.79. The van der Waals surface area contributed by atoms with Gasteiger partial charge in [-0.15, -0.1) is 0 Å². The number of nitrogens with zero attached hydrogens (tertiary/aromatic N) is 1. The first kappa shape index (κ1) is 22.0. The number of hydrogen-bond donors (Lipinski definition) is 1. The molecular formula is C23H30N2O5. The van der Waals surface area contributed by atoms with Crippen LogP contribution in [0.2, 0.25) is 0 Å². The van der Waals surface area contributed by atoms with E-state index in [0.717, 1.165) is 32.1 Å². The Hall–Kier alpha value is -2.70. The molecule has 2 aliphatic rings. The number of esters is 1. The van der Waals surface area contributed by atoms with Crippen LogP contribution >= 0.6 is 0 Å². The molecule has 162 valence electrons. The number of fused-ring (bicyclic) bond motifs is 1. The van der Waals surface area contributed by atoms with Gasteiger partial charge in [0.05, 0.1) is 24.2 Å². The van der Waals surface area contributed by atoms with Gasteiger partial charge in [0.25, 0.3) is 11.8 Å². The number of methoxy groups -OCH3 is 1. The summed E-state index contributed by atoms with van der Waals surface area (Å²) < 4.78 is 4.89. The maximum atomic E-state index is 12.3. The van der Waals surface area contributed by atoms with Gasteiger partial charge in [0.2, 0.25) is 5.91 Å². The molecule has 0 spiro atoms. The average Bonchev–Trinajstić information content (AvgIpc) is 3.02. The van der Waals surface area contributed by atoms with Crippen molar-refractivity contribution in [3.63, 3.8) is 0 Å². The molecule has 1 aromatic rings. The fourth-order valence-corrected chi connectivity index (χ4v) is 4.42. The molecule has 0 bridgehead atoms. The molecule has 1 saturated carbocycles. The molecule has 1 N–H and O–H groups in total. The van der Waals surface area contributed by atoms with E-state index in [1.807, 2.05) is 0 Å². The molecule has 0 aromatic heterocycles.